The van der Waals surface area contributed by atoms with Crippen molar-refractivity contribution in [2.45, 2.75) is 36.8 Å². The molecule has 0 bridgehead atoms. The molecule has 1 N–H and O–H groups in total. The molecular weight excluding hydrogens is 314 g/mol. The predicted molar refractivity (Wildman–Crippen MR) is 80.8 cm³/mol. The minimum Gasteiger partial charge on any atom is -0.314 e. The van der Waals surface area contributed by atoms with E-state index in [2.05, 4.69) is 15.6 Å². The molecule has 0 saturated carbocycles. The van der Waals surface area contributed by atoms with Crippen molar-refractivity contribution in [2.24, 2.45) is 13.0 Å². The Bertz CT molecular complexity index is 562. The lowest BCUT2D eigenvalue weighted by atomic mass is 9.89. The monoisotopic (exact) mass is 335 g/mol. The summed E-state index contributed by atoms with van der Waals surface area (Å²) >= 11 is 0. The van der Waals surface area contributed by atoms with Crippen molar-refractivity contribution in [2.75, 3.05) is 19.6 Å². The second-order valence-electron chi connectivity index (χ2n) is 5.64. The first-order chi connectivity index (χ1) is 9.59. The highest BCUT2D eigenvalue weighted by atomic mass is 35.5. The fraction of sp³-hybridized carbons (Fsp3) is 0.833. The topological polar surface area (TPSA) is 80.1 Å². The lowest BCUT2D eigenvalue weighted by Crippen LogP contribution is -2.43. The maximum absolute atomic E-state index is 12.5. The first-order valence-corrected chi connectivity index (χ1v) is 8.61. The molecule has 2 fully saturated rings. The largest absolute Gasteiger partial charge is 0.314 e. The number of nitrogens with zero attached hydrogens (tertiary/aromatic N) is 4. The van der Waals surface area contributed by atoms with Crippen LogP contribution >= 0.6 is 12.4 Å². The van der Waals surface area contributed by atoms with Crippen LogP contribution in [0.1, 0.15) is 25.7 Å². The van der Waals surface area contributed by atoms with Gasteiger partial charge in [-0.15, -0.1) is 17.5 Å². The first-order valence-electron chi connectivity index (χ1n) is 7.17. The summed E-state index contributed by atoms with van der Waals surface area (Å²) in [5.41, 5.74) is 0. The van der Waals surface area contributed by atoms with Crippen LogP contribution in [0.15, 0.2) is 11.2 Å². The van der Waals surface area contributed by atoms with Gasteiger partial charge in [0.2, 0.25) is 0 Å². The number of sulfonamides is 1. The molecule has 2 aliphatic heterocycles. The van der Waals surface area contributed by atoms with Crippen LogP contribution in [0, 0.1) is 5.92 Å². The van der Waals surface area contributed by atoms with Crippen LogP contribution in [0.5, 0.6) is 0 Å². The second kappa shape index (κ2) is 6.60. The van der Waals surface area contributed by atoms with Crippen LogP contribution in [0.4, 0.5) is 0 Å². The van der Waals surface area contributed by atoms with E-state index in [1.54, 1.807) is 11.4 Å². The summed E-state index contributed by atoms with van der Waals surface area (Å²) in [6.45, 7) is 2.29. The number of halogens is 1. The van der Waals surface area contributed by atoms with Gasteiger partial charge in [-0.3, -0.25) is 0 Å². The van der Waals surface area contributed by atoms with Gasteiger partial charge in [-0.2, -0.15) is 4.31 Å². The molecule has 3 rings (SSSR count). The van der Waals surface area contributed by atoms with Crippen molar-refractivity contribution in [3.63, 3.8) is 0 Å². The molecule has 120 valence electrons. The third kappa shape index (κ3) is 3.23. The number of piperidine rings is 1. The zero-order valence-corrected chi connectivity index (χ0v) is 13.7. The van der Waals surface area contributed by atoms with E-state index in [-0.39, 0.29) is 17.4 Å². The summed E-state index contributed by atoms with van der Waals surface area (Å²) in [4.78, 5) is 0. The summed E-state index contributed by atoms with van der Waals surface area (Å²) in [7, 11) is -1.84. The van der Waals surface area contributed by atoms with Gasteiger partial charge in [-0.1, -0.05) is 5.21 Å². The maximum atomic E-state index is 12.5. The highest BCUT2D eigenvalue weighted by molar-refractivity contribution is 7.89. The van der Waals surface area contributed by atoms with Crippen molar-refractivity contribution >= 4 is 22.4 Å². The van der Waals surface area contributed by atoms with Crippen molar-refractivity contribution in [1.82, 2.24) is 24.6 Å². The molecule has 1 atom stereocenters. The van der Waals surface area contributed by atoms with E-state index in [0.29, 0.717) is 25.0 Å². The molecule has 0 spiro atoms. The van der Waals surface area contributed by atoms with Crippen LogP contribution < -0.4 is 5.32 Å². The molecule has 9 heteroatoms. The van der Waals surface area contributed by atoms with Gasteiger partial charge in [0.05, 0.1) is 6.20 Å². The Morgan fingerprint density at radius 2 is 2.00 bits per heavy atom. The van der Waals surface area contributed by atoms with Gasteiger partial charge < -0.3 is 5.32 Å². The minimum absolute atomic E-state index is 0. The molecule has 1 aromatic rings. The lowest BCUT2D eigenvalue weighted by Gasteiger charge is -2.33. The van der Waals surface area contributed by atoms with Crippen LogP contribution in [0.2, 0.25) is 0 Å². The number of rotatable bonds is 3. The Labute approximate surface area is 131 Å². The molecule has 2 saturated heterocycles. The zero-order chi connectivity index (χ0) is 14.2. The number of hydrogen-bond acceptors (Lipinski definition) is 5. The van der Waals surface area contributed by atoms with Gasteiger partial charge in [-0.25, -0.2) is 13.1 Å². The highest BCUT2D eigenvalue weighted by Gasteiger charge is 2.34. The Balaban J connectivity index is 0.00000161. The third-order valence-corrected chi connectivity index (χ3v) is 6.39. The molecule has 0 aliphatic carbocycles. The quantitative estimate of drug-likeness (QED) is 0.864. The molecule has 1 aromatic heterocycles. The van der Waals surface area contributed by atoms with E-state index in [4.69, 9.17) is 0 Å². The van der Waals surface area contributed by atoms with E-state index in [0.717, 1.165) is 19.4 Å². The summed E-state index contributed by atoms with van der Waals surface area (Å²) in [6.07, 6.45) is 5.65. The summed E-state index contributed by atoms with van der Waals surface area (Å²) in [5, 5.41) is 11.1. The van der Waals surface area contributed by atoms with Gasteiger partial charge >= 0.3 is 0 Å². The maximum Gasteiger partial charge on any atom is 0.261 e. The third-order valence-electron chi connectivity index (χ3n) is 4.44. The molecular formula is C12H22ClN5O2S. The van der Waals surface area contributed by atoms with E-state index >= 15 is 0 Å². The smallest absolute Gasteiger partial charge is 0.261 e. The Hall–Kier alpha value is -0.700. The fourth-order valence-electron chi connectivity index (χ4n) is 3.28. The van der Waals surface area contributed by atoms with Gasteiger partial charge in [-0.05, 0) is 38.1 Å². The number of aryl methyl sites for hydroxylation is 1. The van der Waals surface area contributed by atoms with Crippen molar-refractivity contribution in [3.05, 3.63) is 6.20 Å². The number of aromatic nitrogens is 3. The van der Waals surface area contributed by atoms with E-state index in [1.165, 1.54) is 23.7 Å². The van der Waals surface area contributed by atoms with Gasteiger partial charge in [0.15, 0.2) is 5.03 Å². The highest BCUT2D eigenvalue weighted by Crippen LogP contribution is 2.28. The fourth-order valence-corrected chi connectivity index (χ4v) is 4.79. The van der Waals surface area contributed by atoms with Gasteiger partial charge in [0, 0.05) is 26.2 Å². The van der Waals surface area contributed by atoms with Gasteiger partial charge in [0.1, 0.15) is 0 Å². The van der Waals surface area contributed by atoms with Crippen LogP contribution in [-0.2, 0) is 17.1 Å². The SMILES string of the molecule is Cl.Cn1nncc1S(=O)(=O)N1CCC(C2CCCN2)CC1. The zero-order valence-electron chi connectivity index (χ0n) is 12.1. The average Bonchev–Trinajstić information content (AvgIpc) is 3.10. The van der Waals surface area contributed by atoms with Crippen molar-refractivity contribution in [1.29, 1.82) is 0 Å². The number of nitrogens with one attached hydrogen (secondary N) is 1. The molecule has 21 heavy (non-hydrogen) atoms. The van der Waals surface area contributed by atoms with Gasteiger partial charge in [0.25, 0.3) is 10.0 Å². The molecule has 3 heterocycles. The molecule has 0 aromatic carbocycles. The lowest BCUT2D eigenvalue weighted by molar-refractivity contribution is 0.233. The van der Waals surface area contributed by atoms with Crippen molar-refractivity contribution < 1.29 is 8.42 Å². The van der Waals surface area contributed by atoms with Crippen LogP contribution in [0.25, 0.3) is 0 Å². The van der Waals surface area contributed by atoms with Crippen LogP contribution in [-0.4, -0.2) is 53.4 Å². The summed E-state index contributed by atoms with van der Waals surface area (Å²) in [6, 6.07) is 0.582. The summed E-state index contributed by atoms with van der Waals surface area (Å²) in [5.74, 6) is 0.605. The molecule has 0 radical (unpaired) electrons. The average molecular weight is 336 g/mol. The predicted octanol–water partition coefficient (Wildman–Crippen LogP) is 0.390. The molecule has 1 unspecified atom stereocenters. The summed E-state index contributed by atoms with van der Waals surface area (Å²) < 4.78 is 27.9. The molecule has 7 nitrogen and oxygen atoms in total. The second-order valence-corrected chi connectivity index (χ2v) is 7.53. The Morgan fingerprint density at radius 3 is 2.52 bits per heavy atom. The standard InChI is InChI=1S/C12H21N5O2S.ClH/c1-16-12(9-14-15-16)20(18,19)17-7-4-10(5-8-17)11-3-2-6-13-11;/h9-11,13H,2-8H2,1H3;1H. The first kappa shape index (κ1) is 16.7. The van der Waals surface area contributed by atoms with Crippen LogP contribution in [0.3, 0.4) is 0 Å². The Morgan fingerprint density at radius 1 is 1.29 bits per heavy atom. The molecule has 0 amide bonds. The minimum atomic E-state index is -3.45. The van der Waals surface area contributed by atoms with E-state index in [9.17, 15) is 8.42 Å². The van der Waals surface area contributed by atoms with E-state index < -0.39 is 10.0 Å². The Kier molecular flexibility index (Phi) is 5.24. The number of hydrogen-bond donors (Lipinski definition) is 1. The molecule has 2 aliphatic rings. The van der Waals surface area contributed by atoms with E-state index in [1.807, 2.05) is 0 Å². The normalized spacial score (nSPS) is 24.9. The van der Waals surface area contributed by atoms with Crippen molar-refractivity contribution in [3.8, 4) is 0 Å².